The fourth-order valence-corrected chi connectivity index (χ4v) is 2.88. The first-order chi connectivity index (χ1) is 7.19. The lowest BCUT2D eigenvalue weighted by Gasteiger charge is -2.14. The summed E-state index contributed by atoms with van der Waals surface area (Å²) in [6.45, 7) is 0. The number of thiophene rings is 1. The molecule has 0 atom stereocenters. The van der Waals surface area contributed by atoms with Crippen LogP contribution in [0.4, 0.5) is 5.00 Å². The topological polar surface area (TPSA) is 99.7 Å². The Hall–Kier alpha value is -1.80. The third-order valence-corrected chi connectivity index (χ3v) is 3.62. The quantitative estimate of drug-likeness (QED) is 0.622. The van der Waals surface area contributed by atoms with Crippen molar-refractivity contribution in [2.24, 2.45) is 5.73 Å². The third-order valence-electron chi connectivity index (χ3n) is 2.53. The van der Waals surface area contributed by atoms with Crippen LogP contribution in [0.3, 0.4) is 0 Å². The number of hydrogen-bond acceptors (Lipinski definition) is 5. The van der Waals surface area contributed by atoms with Gasteiger partial charge in [0, 0.05) is 22.4 Å². The zero-order valence-electron chi connectivity index (χ0n) is 8.00. The average Bonchev–Trinajstić information content (AvgIpc) is 2.53. The number of allylic oxidation sites excluding steroid dienone is 2. The maximum Gasteiger partial charge on any atom is 0.105 e. The number of nitrogens with two attached hydrogens (primary N) is 2. The highest BCUT2D eigenvalue weighted by atomic mass is 32.1. The summed E-state index contributed by atoms with van der Waals surface area (Å²) in [7, 11) is 0. The number of fused-ring (bicyclic) bond motifs is 1. The second-order valence-corrected chi connectivity index (χ2v) is 4.40. The molecule has 0 bridgehead atoms. The maximum absolute atomic E-state index is 8.96. The SMILES string of the molecule is N#Cc1c(N)sc2c1CCC(N)=C2C=N. The van der Waals surface area contributed by atoms with Crippen molar-refractivity contribution >= 4 is 28.1 Å². The van der Waals surface area contributed by atoms with Crippen molar-refractivity contribution in [2.75, 3.05) is 5.73 Å². The number of hydrogen-bond donors (Lipinski definition) is 3. The summed E-state index contributed by atoms with van der Waals surface area (Å²) in [5.74, 6) is 0. The van der Waals surface area contributed by atoms with Gasteiger partial charge in [0.05, 0.1) is 5.56 Å². The largest absolute Gasteiger partial charge is 0.401 e. The highest BCUT2D eigenvalue weighted by Crippen LogP contribution is 2.39. The molecule has 0 aromatic carbocycles. The van der Waals surface area contributed by atoms with Gasteiger partial charge in [-0.3, -0.25) is 0 Å². The fraction of sp³-hybridized carbons (Fsp3) is 0.200. The van der Waals surface area contributed by atoms with Crippen LogP contribution in [0.5, 0.6) is 0 Å². The zero-order chi connectivity index (χ0) is 11.0. The van der Waals surface area contributed by atoms with Crippen LogP contribution < -0.4 is 11.5 Å². The summed E-state index contributed by atoms with van der Waals surface area (Å²) in [4.78, 5) is 0.891. The molecule has 5 N–H and O–H groups in total. The van der Waals surface area contributed by atoms with Crippen LogP contribution in [0.2, 0.25) is 0 Å². The van der Waals surface area contributed by atoms with E-state index in [1.54, 1.807) is 0 Å². The molecule has 5 heteroatoms. The zero-order valence-corrected chi connectivity index (χ0v) is 8.82. The minimum absolute atomic E-state index is 0.525. The minimum Gasteiger partial charge on any atom is -0.401 e. The van der Waals surface area contributed by atoms with E-state index < -0.39 is 0 Å². The predicted molar refractivity (Wildman–Crippen MR) is 61.7 cm³/mol. The summed E-state index contributed by atoms with van der Waals surface area (Å²) in [6.07, 6.45) is 2.68. The Labute approximate surface area is 91.3 Å². The van der Waals surface area contributed by atoms with E-state index in [1.165, 1.54) is 17.6 Å². The molecular formula is C10H10N4S. The Morgan fingerprint density at radius 2 is 2.13 bits per heavy atom. The first-order valence-corrected chi connectivity index (χ1v) is 5.31. The van der Waals surface area contributed by atoms with Gasteiger partial charge < -0.3 is 16.9 Å². The monoisotopic (exact) mass is 218 g/mol. The molecule has 1 heterocycles. The van der Waals surface area contributed by atoms with E-state index in [1.807, 2.05) is 0 Å². The molecule has 0 fully saturated rings. The van der Waals surface area contributed by atoms with Gasteiger partial charge in [-0.05, 0) is 18.4 Å². The van der Waals surface area contributed by atoms with Gasteiger partial charge in [-0.2, -0.15) is 5.26 Å². The first kappa shape index (κ1) is 9.74. The van der Waals surface area contributed by atoms with E-state index in [-0.39, 0.29) is 0 Å². The van der Waals surface area contributed by atoms with Crippen LogP contribution in [-0.4, -0.2) is 6.21 Å². The summed E-state index contributed by atoms with van der Waals surface area (Å²) in [5, 5.41) is 16.8. The average molecular weight is 218 g/mol. The van der Waals surface area contributed by atoms with Gasteiger partial charge >= 0.3 is 0 Å². The molecule has 76 valence electrons. The lowest BCUT2D eigenvalue weighted by Crippen LogP contribution is -2.10. The van der Waals surface area contributed by atoms with Crippen molar-refractivity contribution in [3.63, 3.8) is 0 Å². The van der Waals surface area contributed by atoms with Crippen molar-refractivity contribution in [1.82, 2.24) is 0 Å². The van der Waals surface area contributed by atoms with Gasteiger partial charge in [0.1, 0.15) is 11.1 Å². The number of anilines is 1. The van der Waals surface area contributed by atoms with Crippen molar-refractivity contribution in [3.05, 3.63) is 21.7 Å². The summed E-state index contributed by atoms with van der Waals surface area (Å²) < 4.78 is 0. The van der Waals surface area contributed by atoms with Crippen molar-refractivity contribution in [2.45, 2.75) is 12.8 Å². The lowest BCUT2D eigenvalue weighted by molar-refractivity contribution is 0.914. The van der Waals surface area contributed by atoms with Gasteiger partial charge in [0.2, 0.25) is 0 Å². The first-order valence-electron chi connectivity index (χ1n) is 4.49. The number of rotatable bonds is 1. The second kappa shape index (κ2) is 3.41. The van der Waals surface area contributed by atoms with Crippen molar-refractivity contribution in [1.29, 1.82) is 10.7 Å². The van der Waals surface area contributed by atoms with Crippen LogP contribution >= 0.6 is 11.3 Å². The molecule has 0 amide bonds. The molecule has 1 aliphatic carbocycles. The number of nitriles is 1. The number of nitrogens with zero attached hydrogens (tertiary/aromatic N) is 1. The normalized spacial score (nSPS) is 14.6. The summed E-state index contributed by atoms with van der Waals surface area (Å²) >= 11 is 1.34. The van der Waals surface area contributed by atoms with Gasteiger partial charge in [-0.15, -0.1) is 11.3 Å². The molecule has 1 aliphatic rings. The molecule has 0 unspecified atom stereocenters. The van der Waals surface area contributed by atoms with Gasteiger partial charge in [-0.1, -0.05) is 0 Å². The lowest BCUT2D eigenvalue weighted by atomic mass is 9.94. The van der Waals surface area contributed by atoms with Crippen LogP contribution in [-0.2, 0) is 6.42 Å². The molecule has 1 aromatic rings. The molecule has 15 heavy (non-hydrogen) atoms. The molecule has 0 saturated carbocycles. The standard InChI is InChI=1S/C10H10N4S/c11-3-6-5-1-2-8(13)7(4-12)9(5)15-10(6)14/h4,12H,1-2,13-14H2. The Kier molecular flexibility index (Phi) is 2.21. The summed E-state index contributed by atoms with van der Waals surface area (Å²) in [5.41, 5.74) is 14.5. The molecular weight excluding hydrogens is 208 g/mol. The van der Waals surface area contributed by atoms with Crippen LogP contribution in [0.15, 0.2) is 5.70 Å². The minimum atomic E-state index is 0.525. The number of nitrogen functional groups attached to an aromatic ring is 1. The second-order valence-electron chi connectivity index (χ2n) is 3.34. The fourth-order valence-electron chi connectivity index (χ4n) is 1.76. The smallest absolute Gasteiger partial charge is 0.105 e. The highest BCUT2D eigenvalue weighted by Gasteiger charge is 2.23. The van der Waals surface area contributed by atoms with E-state index in [2.05, 4.69) is 6.07 Å². The van der Waals surface area contributed by atoms with E-state index in [0.29, 0.717) is 22.7 Å². The molecule has 0 aliphatic heterocycles. The van der Waals surface area contributed by atoms with Gasteiger partial charge in [-0.25, -0.2) is 0 Å². The van der Waals surface area contributed by atoms with Crippen LogP contribution in [0.25, 0.3) is 5.57 Å². The predicted octanol–water partition coefficient (Wildman–Crippen LogP) is 1.47. The maximum atomic E-state index is 8.96. The molecule has 0 spiro atoms. The summed E-state index contributed by atoms with van der Waals surface area (Å²) in [6, 6.07) is 2.11. The van der Waals surface area contributed by atoms with E-state index in [4.69, 9.17) is 22.1 Å². The van der Waals surface area contributed by atoms with E-state index in [0.717, 1.165) is 22.4 Å². The Balaban J connectivity index is 2.70. The van der Waals surface area contributed by atoms with E-state index in [9.17, 15) is 0 Å². The molecule has 0 radical (unpaired) electrons. The Bertz CT molecular complexity index is 504. The Morgan fingerprint density at radius 3 is 2.73 bits per heavy atom. The van der Waals surface area contributed by atoms with E-state index >= 15 is 0 Å². The molecule has 2 rings (SSSR count). The van der Waals surface area contributed by atoms with Gasteiger partial charge in [0.25, 0.3) is 0 Å². The van der Waals surface area contributed by atoms with Crippen molar-refractivity contribution in [3.8, 4) is 6.07 Å². The van der Waals surface area contributed by atoms with Crippen LogP contribution in [0, 0.1) is 16.7 Å². The van der Waals surface area contributed by atoms with Crippen LogP contribution in [0.1, 0.15) is 22.4 Å². The Morgan fingerprint density at radius 1 is 1.40 bits per heavy atom. The number of nitrogens with one attached hydrogen (secondary N) is 1. The highest BCUT2D eigenvalue weighted by molar-refractivity contribution is 7.17. The molecule has 4 nitrogen and oxygen atoms in total. The molecule has 1 aromatic heterocycles. The third kappa shape index (κ3) is 1.30. The molecule has 0 saturated heterocycles. The van der Waals surface area contributed by atoms with Gasteiger partial charge in [0.15, 0.2) is 0 Å². The van der Waals surface area contributed by atoms with Crippen molar-refractivity contribution < 1.29 is 0 Å².